The minimum Gasteiger partial charge on any atom is -0.336 e. The minimum absolute atomic E-state index is 0.0982. The van der Waals surface area contributed by atoms with Crippen LogP contribution < -0.4 is 5.32 Å². The first-order chi connectivity index (χ1) is 15.7. The van der Waals surface area contributed by atoms with Gasteiger partial charge in [0.05, 0.1) is 12.0 Å². The van der Waals surface area contributed by atoms with Crippen LogP contribution in [0.25, 0.3) is 0 Å². The van der Waals surface area contributed by atoms with Crippen molar-refractivity contribution in [2.75, 3.05) is 18.9 Å². The standard InChI is InChI=1S/C29H36N2O2/c1-19-10-20(2)26(21(3)11-19)30-25(32)17-31(4)27(33)29-15-22-12-23(16-29)14-28(13-22,18-29)24-8-6-5-7-9-24/h5-11,22-23H,12-18H2,1-4H3,(H,30,32). The van der Waals surface area contributed by atoms with E-state index in [9.17, 15) is 9.59 Å². The predicted molar refractivity (Wildman–Crippen MR) is 132 cm³/mol. The lowest BCUT2D eigenvalue weighted by Gasteiger charge is -2.62. The van der Waals surface area contributed by atoms with Crippen LogP contribution in [0.4, 0.5) is 5.69 Å². The van der Waals surface area contributed by atoms with E-state index in [-0.39, 0.29) is 29.2 Å². The Hall–Kier alpha value is -2.62. The van der Waals surface area contributed by atoms with Crippen LogP contribution in [0.1, 0.15) is 60.8 Å². The third-order valence-electron chi connectivity index (χ3n) is 8.57. The van der Waals surface area contributed by atoms with E-state index in [0.717, 1.165) is 36.1 Å². The predicted octanol–water partition coefficient (Wildman–Crippen LogP) is 5.55. The molecule has 4 heteroatoms. The van der Waals surface area contributed by atoms with Crippen molar-refractivity contribution in [3.63, 3.8) is 0 Å². The van der Waals surface area contributed by atoms with Gasteiger partial charge in [-0.05, 0) is 93.2 Å². The largest absolute Gasteiger partial charge is 0.336 e. The zero-order valence-electron chi connectivity index (χ0n) is 20.4. The second-order valence-electron chi connectivity index (χ2n) is 11.4. The second kappa shape index (κ2) is 8.00. The van der Waals surface area contributed by atoms with Gasteiger partial charge in [0.1, 0.15) is 0 Å². The molecule has 2 amide bonds. The van der Waals surface area contributed by atoms with Crippen molar-refractivity contribution in [2.45, 2.75) is 64.7 Å². The maximum absolute atomic E-state index is 13.9. The Balaban J connectivity index is 1.33. The summed E-state index contributed by atoms with van der Waals surface area (Å²) in [5.41, 5.74) is 5.38. The highest BCUT2D eigenvalue weighted by atomic mass is 16.2. The fourth-order valence-corrected chi connectivity index (χ4v) is 7.89. The summed E-state index contributed by atoms with van der Waals surface area (Å²) in [5, 5.41) is 3.07. The molecule has 0 spiro atoms. The normalized spacial score (nSPS) is 29.7. The molecular formula is C29H36N2O2. The number of nitrogens with one attached hydrogen (secondary N) is 1. The Kier molecular flexibility index (Phi) is 5.38. The molecule has 4 saturated carbocycles. The van der Waals surface area contributed by atoms with Gasteiger partial charge in [-0.2, -0.15) is 0 Å². The van der Waals surface area contributed by atoms with Gasteiger partial charge in [0.25, 0.3) is 0 Å². The van der Waals surface area contributed by atoms with Crippen LogP contribution in [0.3, 0.4) is 0 Å². The maximum atomic E-state index is 13.9. The smallest absolute Gasteiger partial charge is 0.243 e. The van der Waals surface area contributed by atoms with E-state index >= 15 is 0 Å². The SMILES string of the molecule is Cc1cc(C)c(NC(=O)CN(C)C(=O)C23CC4CC(C2)CC(c2ccccc2)(C4)C3)c(C)c1. The molecule has 4 fully saturated rings. The first-order valence-corrected chi connectivity index (χ1v) is 12.4. The average Bonchev–Trinajstić information content (AvgIpc) is 2.75. The summed E-state index contributed by atoms with van der Waals surface area (Å²) in [4.78, 5) is 28.5. The van der Waals surface area contributed by atoms with Gasteiger partial charge in [-0.25, -0.2) is 0 Å². The van der Waals surface area contributed by atoms with Crippen molar-refractivity contribution in [3.05, 3.63) is 64.7 Å². The van der Waals surface area contributed by atoms with Crippen LogP contribution in [-0.2, 0) is 15.0 Å². The number of aryl methyl sites for hydroxylation is 3. The van der Waals surface area contributed by atoms with Crippen LogP contribution in [0.2, 0.25) is 0 Å². The summed E-state index contributed by atoms with van der Waals surface area (Å²) in [6.07, 6.45) is 6.58. The monoisotopic (exact) mass is 444 g/mol. The first kappa shape index (κ1) is 22.2. The van der Waals surface area contributed by atoms with Gasteiger partial charge >= 0.3 is 0 Å². The summed E-state index contributed by atoms with van der Waals surface area (Å²) < 4.78 is 0. The van der Waals surface area contributed by atoms with Gasteiger partial charge in [0, 0.05) is 12.7 Å². The van der Waals surface area contributed by atoms with Crippen LogP contribution in [0, 0.1) is 38.0 Å². The minimum atomic E-state index is -0.315. The molecule has 0 aromatic heterocycles. The molecule has 2 unspecified atom stereocenters. The fraction of sp³-hybridized carbons (Fsp3) is 0.517. The number of hydrogen-bond acceptors (Lipinski definition) is 2. The van der Waals surface area contributed by atoms with E-state index in [1.54, 1.807) is 4.90 Å². The van der Waals surface area contributed by atoms with Crippen molar-refractivity contribution in [2.24, 2.45) is 17.3 Å². The van der Waals surface area contributed by atoms with Gasteiger partial charge in [-0.3, -0.25) is 9.59 Å². The van der Waals surface area contributed by atoms with Crippen molar-refractivity contribution in [1.29, 1.82) is 0 Å². The molecule has 0 radical (unpaired) electrons. The van der Waals surface area contributed by atoms with Gasteiger partial charge in [-0.1, -0.05) is 48.0 Å². The van der Waals surface area contributed by atoms with Crippen molar-refractivity contribution in [1.82, 2.24) is 4.90 Å². The molecule has 2 aromatic carbocycles. The van der Waals surface area contributed by atoms with E-state index < -0.39 is 0 Å². The lowest BCUT2D eigenvalue weighted by Crippen LogP contribution is -2.59. The zero-order valence-corrected chi connectivity index (χ0v) is 20.4. The van der Waals surface area contributed by atoms with Crippen molar-refractivity contribution >= 4 is 17.5 Å². The van der Waals surface area contributed by atoms with E-state index in [1.807, 2.05) is 20.9 Å². The Morgan fingerprint density at radius 1 is 0.970 bits per heavy atom. The number of amides is 2. The third kappa shape index (κ3) is 3.88. The zero-order chi connectivity index (χ0) is 23.4. The first-order valence-electron chi connectivity index (χ1n) is 12.4. The summed E-state index contributed by atoms with van der Waals surface area (Å²) in [6, 6.07) is 15.0. The molecule has 4 bridgehead atoms. The van der Waals surface area contributed by atoms with Gasteiger partial charge in [-0.15, -0.1) is 0 Å². The molecule has 2 atom stereocenters. The summed E-state index contributed by atoms with van der Waals surface area (Å²) in [6.45, 7) is 6.19. The molecule has 4 nitrogen and oxygen atoms in total. The lowest BCUT2D eigenvalue weighted by atomic mass is 9.42. The molecule has 4 aliphatic carbocycles. The Morgan fingerprint density at radius 2 is 1.58 bits per heavy atom. The van der Waals surface area contributed by atoms with Gasteiger partial charge in [0.15, 0.2) is 0 Å². The van der Waals surface area contributed by atoms with Crippen LogP contribution in [0.15, 0.2) is 42.5 Å². The molecule has 4 aliphatic rings. The number of rotatable bonds is 5. The topological polar surface area (TPSA) is 49.4 Å². The number of benzene rings is 2. The highest BCUT2D eigenvalue weighted by Crippen LogP contribution is 2.66. The van der Waals surface area contributed by atoms with E-state index in [4.69, 9.17) is 0 Å². The van der Waals surface area contributed by atoms with Crippen LogP contribution in [-0.4, -0.2) is 30.3 Å². The lowest BCUT2D eigenvalue weighted by molar-refractivity contribution is -0.159. The third-order valence-corrected chi connectivity index (χ3v) is 8.57. The summed E-state index contributed by atoms with van der Waals surface area (Å²) in [5.74, 6) is 1.29. The van der Waals surface area contributed by atoms with Crippen LogP contribution >= 0.6 is 0 Å². The number of hydrogen-bond donors (Lipinski definition) is 1. The van der Waals surface area contributed by atoms with E-state index in [1.165, 1.54) is 30.4 Å². The molecule has 1 N–H and O–H groups in total. The van der Waals surface area contributed by atoms with Gasteiger partial charge < -0.3 is 10.2 Å². The fourth-order valence-electron chi connectivity index (χ4n) is 7.89. The number of carbonyl (C=O) groups is 2. The van der Waals surface area contributed by atoms with Crippen molar-refractivity contribution in [3.8, 4) is 0 Å². The summed E-state index contributed by atoms with van der Waals surface area (Å²) in [7, 11) is 1.81. The molecule has 0 saturated heterocycles. The number of nitrogens with zero attached hydrogens (tertiary/aromatic N) is 1. The average molecular weight is 445 g/mol. The molecule has 2 aromatic rings. The number of anilines is 1. The molecule has 174 valence electrons. The number of likely N-dealkylation sites (N-methyl/N-ethyl adjacent to an activating group) is 1. The van der Waals surface area contributed by atoms with Gasteiger partial charge in [0.2, 0.25) is 11.8 Å². The maximum Gasteiger partial charge on any atom is 0.243 e. The Morgan fingerprint density at radius 3 is 2.18 bits per heavy atom. The quantitative estimate of drug-likeness (QED) is 0.658. The van der Waals surface area contributed by atoms with Crippen molar-refractivity contribution < 1.29 is 9.59 Å². The van der Waals surface area contributed by atoms with Crippen LogP contribution in [0.5, 0.6) is 0 Å². The van der Waals surface area contributed by atoms with E-state index in [2.05, 4.69) is 54.7 Å². The molecular weight excluding hydrogens is 408 g/mol. The summed E-state index contributed by atoms with van der Waals surface area (Å²) >= 11 is 0. The highest BCUT2D eigenvalue weighted by Gasteiger charge is 2.61. The Labute approximate surface area is 197 Å². The molecule has 0 aliphatic heterocycles. The molecule has 6 rings (SSSR count). The highest BCUT2D eigenvalue weighted by molar-refractivity contribution is 5.96. The Bertz CT molecular complexity index is 1050. The molecule has 33 heavy (non-hydrogen) atoms. The number of carbonyl (C=O) groups excluding carboxylic acids is 2. The molecule has 0 heterocycles. The van der Waals surface area contributed by atoms with E-state index in [0.29, 0.717) is 11.8 Å². The second-order valence-corrected chi connectivity index (χ2v) is 11.4.